The number of hydrogen-bond donors (Lipinski definition) is 1. The Morgan fingerprint density at radius 1 is 1.39 bits per heavy atom. The number of carbonyl (C=O) groups excluding carboxylic acids is 1. The second-order valence-electron chi connectivity index (χ2n) is 4.77. The summed E-state index contributed by atoms with van der Waals surface area (Å²) in [7, 11) is 0. The van der Waals surface area contributed by atoms with E-state index in [1.807, 2.05) is 0 Å². The van der Waals surface area contributed by atoms with Crippen LogP contribution in [0, 0.1) is 5.82 Å². The highest BCUT2D eigenvalue weighted by Crippen LogP contribution is 2.29. The lowest BCUT2D eigenvalue weighted by Crippen LogP contribution is -2.25. The molecule has 5 heteroatoms. The van der Waals surface area contributed by atoms with Crippen LogP contribution in [0.1, 0.15) is 38.1 Å². The van der Waals surface area contributed by atoms with Gasteiger partial charge in [-0.25, -0.2) is 9.18 Å². The highest BCUT2D eigenvalue weighted by atomic mass is 19.1. The fourth-order valence-electron chi connectivity index (χ4n) is 1.39. The molecule has 0 aromatic heterocycles. The predicted octanol–water partition coefficient (Wildman–Crippen LogP) is 2.76. The molecule has 18 heavy (non-hydrogen) atoms. The Hall–Kier alpha value is -1.78. The number of nitrogen functional groups attached to an aromatic ring is 1. The number of ether oxygens (including phenoxy) is 2. The molecule has 0 aliphatic carbocycles. The summed E-state index contributed by atoms with van der Waals surface area (Å²) in [6, 6.07) is 2.53. The molecule has 0 bridgehead atoms. The van der Waals surface area contributed by atoms with Gasteiger partial charge >= 0.3 is 5.97 Å². The van der Waals surface area contributed by atoms with Gasteiger partial charge in [0.2, 0.25) is 0 Å². The molecule has 0 heterocycles. The van der Waals surface area contributed by atoms with Crippen LogP contribution in [-0.4, -0.2) is 18.2 Å². The van der Waals surface area contributed by atoms with Crippen molar-refractivity contribution in [2.75, 3.05) is 12.3 Å². The molecule has 1 aromatic rings. The highest BCUT2D eigenvalue weighted by Gasteiger charge is 2.24. The summed E-state index contributed by atoms with van der Waals surface area (Å²) in [5.74, 6) is -1.23. The molecule has 1 rings (SSSR count). The zero-order valence-electron chi connectivity index (χ0n) is 11.0. The van der Waals surface area contributed by atoms with E-state index in [2.05, 4.69) is 0 Å². The number of benzene rings is 1. The molecule has 0 atom stereocenters. The zero-order chi connectivity index (χ0) is 13.9. The minimum Gasteiger partial charge on any atom is -0.492 e. The van der Waals surface area contributed by atoms with E-state index >= 15 is 0 Å². The average Bonchev–Trinajstić information content (AvgIpc) is 2.20. The molecular weight excluding hydrogens is 237 g/mol. The van der Waals surface area contributed by atoms with E-state index in [1.54, 1.807) is 27.7 Å². The lowest BCUT2D eigenvalue weighted by atomic mass is 10.1. The summed E-state index contributed by atoms with van der Waals surface area (Å²) in [4.78, 5) is 11.9. The number of rotatable bonds is 3. The summed E-state index contributed by atoms with van der Waals surface area (Å²) < 4.78 is 24.0. The summed E-state index contributed by atoms with van der Waals surface area (Å²) in [6.07, 6.45) is 0. The van der Waals surface area contributed by atoms with Crippen molar-refractivity contribution in [1.29, 1.82) is 0 Å². The lowest BCUT2D eigenvalue weighted by molar-refractivity contribution is 0.00657. The number of nitrogens with two attached hydrogens (primary N) is 1. The van der Waals surface area contributed by atoms with E-state index in [4.69, 9.17) is 15.2 Å². The fraction of sp³-hybridized carbons (Fsp3) is 0.462. The van der Waals surface area contributed by atoms with Crippen LogP contribution in [0.25, 0.3) is 0 Å². The first-order valence-electron chi connectivity index (χ1n) is 5.70. The van der Waals surface area contributed by atoms with E-state index in [0.717, 1.165) is 6.07 Å². The molecule has 2 N–H and O–H groups in total. The fourth-order valence-corrected chi connectivity index (χ4v) is 1.39. The van der Waals surface area contributed by atoms with Crippen molar-refractivity contribution in [3.63, 3.8) is 0 Å². The van der Waals surface area contributed by atoms with Gasteiger partial charge in [-0.2, -0.15) is 0 Å². The molecule has 0 aliphatic heterocycles. The van der Waals surface area contributed by atoms with Crippen LogP contribution in [0.2, 0.25) is 0 Å². The van der Waals surface area contributed by atoms with Gasteiger partial charge in [-0.15, -0.1) is 0 Å². The van der Waals surface area contributed by atoms with Crippen LogP contribution in [-0.2, 0) is 4.74 Å². The van der Waals surface area contributed by atoms with Gasteiger partial charge in [-0.05, 0) is 39.8 Å². The third-order valence-corrected chi connectivity index (χ3v) is 2.06. The van der Waals surface area contributed by atoms with Crippen molar-refractivity contribution in [1.82, 2.24) is 0 Å². The average molecular weight is 255 g/mol. The van der Waals surface area contributed by atoms with E-state index in [1.165, 1.54) is 6.07 Å². The van der Waals surface area contributed by atoms with Crippen LogP contribution in [0.3, 0.4) is 0 Å². The van der Waals surface area contributed by atoms with Crippen molar-refractivity contribution in [3.05, 3.63) is 23.5 Å². The van der Waals surface area contributed by atoms with Crippen molar-refractivity contribution in [2.24, 2.45) is 0 Å². The van der Waals surface area contributed by atoms with Gasteiger partial charge in [0.15, 0.2) is 0 Å². The molecule has 0 unspecified atom stereocenters. The number of esters is 1. The van der Waals surface area contributed by atoms with Crippen LogP contribution in [0.4, 0.5) is 10.1 Å². The first-order chi connectivity index (χ1) is 8.26. The first-order valence-corrected chi connectivity index (χ1v) is 5.70. The third-order valence-electron chi connectivity index (χ3n) is 2.06. The molecule has 0 amide bonds. The van der Waals surface area contributed by atoms with Gasteiger partial charge in [0.1, 0.15) is 22.7 Å². The maximum Gasteiger partial charge on any atom is 0.343 e. The lowest BCUT2D eigenvalue weighted by Gasteiger charge is -2.20. The summed E-state index contributed by atoms with van der Waals surface area (Å²) in [6.45, 7) is 7.25. The largest absolute Gasteiger partial charge is 0.492 e. The second kappa shape index (κ2) is 5.25. The Morgan fingerprint density at radius 2 is 2.00 bits per heavy atom. The van der Waals surface area contributed by atoms with E-state index in [0.29, 0.717) is 6.61 Å². The molecule has 0 fully saturated rings. The number of halogens is 1. The molecule has 4 nitrogen and oxygen atoms in total. The molecular formula is C13H18FNO3. The molecule has 0 spiro atoms. The maximum absolute atomic E-state index is 13.7. The van der Waals surface area contributed by atoms with E-state index in [-0.39, 0.29) is 17.0 Å². The van der Waals surface area contributed by atoms with Gasteiger partial charge < -0.3 is 15.2 Å². The Morgan fingerprint density at radius 3 is 2.50 bits per heavy atom. The highest BCUT2D eigenvalue weighted by molar-refractivity contribution is 5.97. The summed E-state index contributed by atoms with van der Waals surface area (Å²) in [5, 5.41) is 0. The molecule has 0 saturated carbocycles. The van der Waals surface area contributed by atoms with Crippen LogP contribution in [0.15, 0.2) is 12.1 Å². The first kappa shape index (κ1) is 14.3. The Bertz CT molecular complexity index is 452. The van der Waals surface area contributed by atoms with E-state index in [9.17, 15) is 9.18 Å². The summed E-state index contributed by atoms with van der Waals surface area (Å²) in [5.41, 5.74) is 4.70. The van der Waals surface area contributed by atoms with Gasteiger partial charge in [-0.3, -0.25) is 0 Å². The molecule has 0 saturated heterocycles. The minimum absolute atomic E-state index is 0.0360. The Balaban J connectivity index is 3.14. The van der Waals surface area contributed by atoms with Gasteiger partial charge in [0, 0.05) is 0 Å². The van der Waals surface area contributed by atoms with Gasteiger partial charge in [0.05, 0.1) is 12.3 Å². The van der Waals surface area contributed by atoms with Crippen molar-refractivity contribution in [2.45, 2.75) is 33.3 Å². The predicted molar refractivity (Wildman–Crippen MR) is 67.1 cm³/mol. The van der Waals surface area contributed by atoms with Gasteiger partial charge in [0.25, 0.3) is 0 Å². The smallest absolute Gasteiger partial charge is 0.343 e. The molecule has 0 radical (unpaired) electrons. The van der Waals surface area contributed by atoms with Crippen LogP contribution >= 0.6 is 0 Å². The topological polar surface area (TPSA) is 61.5 Å². The molecule has 1 aromatic carbocycles. The number of hydrogen-bond acceptors (Lipinski definition) is 4. The SMILES string of the molecule is CCOc1ccc(F)c(C(=O)OC(C)(C)C)c1N. The minimum atomic E-state index is -0.793. The molecule has 0 aliphatic rings. The quantitative estimate of drug-likeness (QED) is 0.666. The monoisotopic (exact) mass is 255 g/mol. The molecule has 100 valence electrons. The Labute approximate surface area is 106 Å². The Kier molecular flexibility index (Phi) is 4.16. The van der Waals surface area contributed by atoms with Crippen molar-refractivity contribution in [3.8, 4) is 5.75 Å². The zero-order valence-corrected chi connectivity index (χ0v) is 11.0. The summed E-state index contributed by atoms with van der Waals surface area (Å²) >= 11 is 0. The maximum atomic E-state index is 13.7. The van der Waals surface area contributed by atoms with Crippen LogP contribution in [0.5, 0.6) is 5.75 Å². The standard InChI is InChI=1S/C13H18FNO3/c1-5-17-9-7-6-8(14)10(11(9)15)12(16)18-13(2,3)4/h6-7H,5,15H2,1-4H3. The number of anilines is 1. The third kappa shape index (κ3) is 3.35. The van der Waals surface area contributed by atoms with E-state index < -0.39 is 17.4 Å². The van der Waals surface area contributed by atoms with Crippen molar-refractivity contribution >= 4 is 11.7 Å². The number of carbonyl (C=O) groups is 1. The normalized spacial score (nSPS) is 11.2. The second-order valence-corrected chi connectivity index (χ2v) is 4.77. The van der Waals surface area contributed by atoms with Gasteiger partial charge in [-0.1, -0.05) is 0 Å². The van der Waals surface area contributed by atoms with Crippen LogP contribution < -0.4 is 10.5 Å². The van der Waals surface area contributed by atoms with Crippen molar-refractivity contribution < 1.29 is 18.7 Å².